The third-order valence-corrected chi connectivity index (χ3v) is 4.37. The van der Waals surface area contributed by atoms with Crippen LogP contribution in [0.2, 0.25) is 0 Å². The summed E-state index contributed by atoms with van der Waals surface area (Å²) < 4.78 is 0. The Morgan fingerprint density at radius 3 is 3.05 bits per heavy atom. The fourth-order valence-electron chi connectivity index (χ4n) is 2.34. The predicted molar refractivity (Wildman–Crippen MR) is 76.1 cm³/mol. The molecule has 4 nitrogen and oxygen atoms in total. The smallest absolute Gasteiger partial charge is 0.245 e. The normalized spacial score (nSPS) is 19.0. The molecular weight excluding hydrogens is 260 g/mol. The van der Waals surface area contributed by atoms with Gasteiger partial charge in [-0.15, -0.1) is 11.3 Å². The topological polar surface area (TPSA) is 49.4 Å². The van der Waals surface area contributed by atoms with E-state index in [-0.39, 0.29) is 17.9 Å². The highest BCUT2D eigenvalue weighted by Gasteiger charge is 2.27. The molecule has 2 rings (SSSR count). The number of hydrogen-bond donors (Lipinski definition) is 1. The summed E-state index contributed by atoms with van der Waals surface area (Å²) in [7, 11) is 0. The molecule has 0 aromatic carbocycles. The predicted octanol–water partition coefficient (Wildman–Crippen LogP) is 1.81. The van der Waals surface area contributed by atoms with Crippen molar-refractivity contribution in [2.24, 2.45) is 0 Å². The molecule has 2 amide bonds. The Bertz CT molecular complexity index is 431. The number of amides is 2. The second-order valence-corrected chi connectivity index (χ2v) is 5.79. The van der Waals surface area contributed by atoms with Crippen molar-refractivity contribution in [1.82, 2.24) is 10.2 Å². The molecule has 1 aliphatic heterocycles. The van der Waals surface area contributed by atoms with Crippen molar-refractivity contribution in [2.75, 3.05) is 13.1 Å². The van der Waals surface area contributed by atoms with Crippen molar-refractivity contribution in [1.29, 1.82) is 0 Å². The lowest BCUT2D eigenvalue weighted by Crippen LogP contribution is -2.50. The Kier molecular flexibility index (Phi) is 4.96. The molecule has 0 saturated carbocycles. The van der Waals surface area contributed by atoms with Crippen LogP contribution in [0.3, 0.4) is 0 Å². The van der Waals surface area contributed by atoms with Gasteiger partial charge in [0.25, 0.3) is 0 Å². The van der Waals surface area contributed by atoms with Crippen LogP contribution in [0.1, 0.15) is 31.1 Å². The van der Waals surface area contributed by atoms with E-state index in [1.54, 1.807) is 11.3 Å². The Balaban J connectivity index is 1.89. The number of hydrogen-bond acceptors (Lipinski definition) is 3. The van der Waals surface area contributed by atoms with Crippen LogP contribution in [-0.4, -0.2) is 35.8 Å². The molecule has 0 radical (unpaired) electrons. The molecule has 1 fully saturated rings. The van der Waals surface area contributed by atoms with Gasteiger partial charge in [0.05, 0.1) is 0 Å². The van der Waals surface area contributed by atoms with Crippen molar-refractivity contribution in [3.63, 3.8) is 0 Å². The maximum Gasteiger partial charge on any atom is 0.245 e. The van der Waals surface area contributed by atoms with Gasteiger partial charge in [-0.1, -0.05) is 6.07 Å². The van der Waals surface area contributed by atoms with Gasteiger partial charge in [-0.25, -0.2) is 0 Å². The van der Waals surface area contributed by atoms with Gasteiger partial charge in [-0.05, 0) is 37.6 Å². The van der Waals surface area contributed by atoms with E-state index in [1.165, 1.54) is 4.88 Å². The zero-order valence-electron chi connectivity index (χ0n) is 11.2. The van der Waals surface area contributed by atoms with Crippen LogP contribution >= 0.6 is 11.3 Å². The fourth-order valence-corrected chi connectivity index (χ4v) is 3.03. The highest BCUT2D eigenvalue weighted by Crippen LogP contribution is 2.13. The van der Waals surface area contributed by atoms with E-state index in [9.17, 15) is 9.59 Å². The molecule has 5 heteroatoms. The average molecular weight is 280 g/mol. The lowest BCUT2D eigenvalue weighted by atomic mass is 10.0. The lowest BCUT2D eigenvalue weighted by Gasteiger charge is -2.29. The van der Waals surface area contributed by atoms with E-state index >= 15 is 0 Å². The van der Waals surface area contributed by atoms with Crippen molar-refractivity contribution < 1.29 is 9.59 Å². The van der Waals surface area contributed by atoms with E-state index in [1.807, 2.05) is 17.9 Å². The number of thiophene rings is 1. The molecule has 1 aliphatic rings. The third-order valence-electron chi connectivity index (χ3n) is 3.43. The van der Waals surface area contributed by atoms with Gasteiger partial charge in [0.2, 0.25) is 11.8 Å². The first-order valence-corrected chi connectivity index (χ1v) is 7.69. The first kappa shape index (κ1) is 14.1. The summed E-state index contributed by atoms with van der Waals surface area (Å²) in [6, 6.07) is 3.80. The standard InChI is InChI=1S/C14H20N2O2S/c1-2-16(9-8-11-5-4-10-19-11)14(18)12-6-3-7-13(17)15-12/h4-5,10,12H,2-3,6-9H2,1H3,(H,15,17)/t12-/m1/s1. The van der Waals surface area contributed by atoms with E-state index < -0.39 is 0 Å². The van der Waals surface area contributed by atoms with Crippen molar-refractivity contribution in [2.45, 2.75) is 38.6 Å². The summed E-state index contributed by atoms with van der Waals surface area (Å²) in [6.45, 7) is 3.40. The summed E-state index contributed by atoms with van der Waals surface area (Å²) in [5.41, 5.74) is 0. The summed E-state index contributed by atoms with van der Waals surface area (Å²) in [5, 5.41) is 4.85. The average Bonchev–Trinajstić information content (AvgIpc) is 2.92. The molecule has 0 spiro atoms. The Morgan fingerprint density at radius 1 is 1.58 bits per heavy atom. The maximum absolute atomic E-state index is 12.3. The Hall–Kier alpha value is -1.36. The van der Waals surface area contributed by atoms with Gasteiger partial charge in [0.15, 0.2) is 0 Å². The second-order valence-electron chi connectivity index (χ2n) is 4.76. The Morgan fingerprint density at radius 2 is 2.42 bits per heavy atom. The minimum atomic E-state index is -0.315. The molecule has 1 aromatic rings. The molecular formula is C14H20N2O2S. The second kappa shape index (κ2) is 6.70. The van der Waals surface area contributed by atoms with Crippen LogP contribution in [0.25, 0.3) is 0 Å². The summed E-state index contributed by atoms with van der Waals surface area (Å²) in [6.07, 6.45) is 3.01. The van der Waals surface area contributed by atoms with Gasteiger partial charge >= 0.3 is 0 Å². The number of nitrogens with zero attached hydrogens (tertiary/aromatic N) is 1. The first-order valence-electron chi connectivity index (χ1n) is 6.81. The molecule has 0 aliphatic carbocycles. The molecule has 1 saturated heterocycles. The third kappa shape index (κ3) is 3.80. The number of nitrogens with one attached hydrogen (secondary N) is 1. The number of rotatable bonds is 5. The van der Waals surface area contributed by atoms with Crippen LogP contribution in [0.4, 0.5) is 0 Å². The van der Waals surface area contributed by atoms with Crippen molar-refractivity contribution in [3.05, 3.63) is 22.4 Å². The molecule has 0 unspecified atom stereocenters. The molecule has 1 atom stereocenters. The summed E-state index contributed by atoms with van der Waals surface area (Å²) in [4.78, 5) is 26.8. The van der Waals surface area contributed by atoms with Gasteiger partial charge in [0, 0.05) is 24.4 Å². The summed E-state index contributed by atoms with van der Waals surface area (Å²) >= 11 is 1.72. The van der Waals surface area contributed by atoms with E-state index in [4.69, 9.17) is 0 Å². The molecule has 1 N–H and O–H groups in total. The van der Waals surface area contributed by atoms with Crippen molar-refractivity contribution in [3.8, 4) is 0 Å². The highest BCUT2D eigenvalue weighted by molar-refractivity contribution is 7.09. The van der Waals surface area contributed by atoms with Gasteiger partial charge < -0.3 is 10.2 Å². The highest BCUT2D eigenvalue weighted by atomic mass is 32.1. The van der Waals surface area contributed by atoms with Gasteiger partial charge in [-0.2, -0.15) is 0 Å². The number of carbonyl (C=O) groups is 2. The van der Waals surface area contributed by atoms with Crippen molar-refractivity contribution >= 4 is 23.2 Å². The van der Waals surface area contributed by atoms with Gasteiger partial charge in [0.1, 0.15) is 6.04 Å². The van der Waals surface area contributed by atoms with Crippen LogP contribution in [0.5, 0.6) is 0 Å². The Labute approximate surface area is 117 Å². The monoisotopic (exact) mass is 280 g/mol. The maximum atomic E-state index is 12.3. The van der Waals surface area contributed by atoms with Crippen LogP contribution < -0.4 is 5.32 Å². The van der Waals surface area contributed by atoms with Gasteiger partial charge in [-0.3, -0.25) is 9.59 Å². The van der Waals surface area contributed by atoms with Crippen LogP contribution in [0.15, 0.2) is 17.5 Å². The van der Waals surface area contributed by atoms with E-state index in [0.29, 0.717) is 13.0 Å². The zero-order valence-corrected chi connectivity index (χ0v) is 12.0. The summed E-state index contributed by atoms with van der Waals surface area (Å²) in [5.74, 6) is 0.0611. The fraction of sp³-hybridized carbons (Fsp3) is 0.571. The molecule has 19 heavy (non-hydrogen) atoms. The number of carbonyl (C=O) groups excluding carboxylic acids is 2. The molecule has 1 aromatic heterocycles. The van der Waals surface area contributed by atoms with Crippen LogP contribution in [-0.2, 0) is 16.0 Å². The lowest BCUT2D eigenvalue weighted by molar-refractivity contribution is -0.137. The zero-order chi connectivity index (χ0) is 13.7. The van der Waals surface area contributed by atoms with E-state index in [0.717, 1.165) is 25.8 Å². The number of piperidine rings is 1. The first-order chi connectivity index (χ1) is 9.20. The SMILES string of the molecule is CCN(CCc1cccs1)C(=O)[C@H]1CCCC(=O)N1. The largest absolute Gasteiger partial charge is 0.344 e. The molecule has 2 heterocycles. The molecule has 104 valence electrons. The van der Waals surface area contributed by atoms with E-state index in [2.05, 4.69) is 16.8 Å². The molecule has 0 bridgehead atoms. The van der Waals surface area contributed by atoms with Crippen LogP contribution in [0, 0.1) is 0 Å². The number of likely N-dealkylation sites (N-methyl/N-ethyl adjacent to an activating group) is 1. The minimum absolute atomic E-state index is 0.00101. The quantitative estimate of drug-likeness (QED) is 0.894. The minimum Gasteiger partial charge on any atom is -0.344 e.